The maximum Gasteiger partial charge on any atom is 0.105 e. The molecule has 0 saturated carbocycles. The summed E-state index contributed by atoms with van der Waals surface area (Å²) < 4.78 is 0. The predicted octanol–water partition coefficient (Wildman–Crippen LogP) is 3.54. The molecule has 16 heavy (non-hydrogen) atoms. The van der Waals surface area contributed by atoms with Gasteiger partial charge in [-0.15, -0.1) is 0 Å². The van der Waals surface area contributed by atoms with Crippen LogP contribution in [0.3, 0.4) is 0 Å². The van der Waals surface area contributed by atoms with Crippen molar-refractivity contribution in [2.24, 2.45) is 0 Å². The fourth-order valence-electron chi connectivity index (χ4n) is 1.65. The lowest BCUT2D eigenvalue weighted by molar-refractivity contribution is 0.363. The fraction of sp³-hybridized carbons (Fsp3) is 0.917. The van der Waals surface area contributed by atoms with Crippen LogP contribution < -0.4 is 0 Å². The third kappa shape index (κ3) is 5.58. The van der Waals surface area contributed by atoms with E-state index in [4.69, 9.17) is 0 Å². The summed E-state index contributed by atoms with van der Waals surface area (Å²) in [6, 6.07) is 0. The van der Waals surface area contributed by atoms with E-state index in [2.05, 4.69) is 57.1 Å². The second-order valence-electron chi connectivity index (χ2n) is 4.93. The molecule has 0 aliphatic rings. The summed E-state index contributed by atoms with van der Waals surface area (Å²) in [6.45, 7) is 20.9. The normalized spacial score (nSPS) is 12.8. The first-order valence-electron chi connectivity index (χ1n) is 6.49. The van der Waals surface area contributed by atoms with Gasteiger partial charge in [-0.3, -0.25) is 9.80 Å². The zero-order valence-electron chi connectivity index (χ0n) is 12.2. The maximum absolute atomic E-state index is 2.52. The minimum Gasteiger partial charge on any atom is -0.263 e. The Morgan fingerprint density at radius 2 is 1.12 bits per heavy atom. The van der Waals surface area contributed by atoms with Crippen LogP contribution >= 0.6 is 7.75 Å². The van der Waals surface area contributed by atoms with Crippen LogP contribution in [-0.2, 0) is 0 Å². The molecule has 4 heteroatoms. The van der Waals surface area contributed by atoms with Crippen LogP contribution in [-0.4, -0.2) is 49.3 Å². The smallest absolute Gasteiger partial charge is 0.105 e. The van der Waals surface area contributed by atoms with Crippen LogP contribution in [0.25, 0.3) is 0 Å². The molecule has 0 aromatic heterocycles. The Morgan fingerprint density at radius 1 is 0.812 bits per heavy atom. The summed E-state index contributed by atoms with van der Waals surface area (Å²) in [5.41, 5.74) is 1.55. The summed E-state index contributed by atoms with van der Waals surface area (Å²) >= 11 is 0. The Balaban J connectivity index is 5.10. The molecule has 0 bridgehead atoms. The first-order chi connectivity index (χ1) is 7.39. The summed E-state index contributed by atoms with van der Waals surface area (Å²) in [5, 5.41) is 0. The quantitative estimate of drug-likeness (QED) is 0.510. The van der Waals surface area contributed by atoms with E-state index in [1.165, 1.54) is 0 Å². The van der Waals surface area contributed by atoms with E-state index in [1.54, 1.807) is 13.3 Å². The highest BCUT2D eigenvalue weighted by atomic mass is 31.3. The Bertz CT molecular complexity index is 202. The van der Waals surface area contributed by atoms with Crippen LogP contribution in [0.5, 0.6) is 0 Å². The van der Waals surface area contributed by atoms with Gasteiger partial charge >= 0.3 is 0 Å². The van der Waals surface area contributed by atoms with Crippen molar-refractivity contribution in [2.75, 3.05) is 26.2 Å². The van der Waals surface area contributed by atoms with Gasteiger partial charge in [-0.25, -0.2) is 0 Å². The summed E-state index contributed by atoms with van der Waals surface area (Å²) in [4.78, 5) is 5.04. The predicted molar refractivity (Wildman–Crippen MR) is 81.1 cm³/mol. The van der Waals surface area contributed by atoms with Crippen molar-refractivity contribution in [2.45, 2.75) is 47.3 Å². The molecule has 2 nitrogen and oxygen atoms in total. The molecule has 0 N–H and O–H groups in total. The lowest BCUT2D eigenvalue weighted by Crippen LogP contribution is -2.44. The highest BCUT2D eigenvalue weighted by Gasteiger charge is 2.19. The highest BCUT2D eigenvalue weighted by Crippen LogP contribution is 2.22. The van der Waals surface area contributed by atoms with Crippen molar-refractivity contribution in [3.63, 3.8) is 0 Å². The zero-order chi connectivity index (χ0) is 12.8. The van der Waals surface area contributed by atoms with Gasteiger partial charge in [0.2, 0.25) is 0 Å². The van der Waals surface area contributed by atoms with Crippen molar-refractivity contribution in [1.29, 1.82) is 0 Å². The molecule has 0 radical (unpaired) electrons. The molecular weight excluding hydrogens is 231 g/mol. The van der Waals surface area contributed by atoms with E-state index in [1.807, 2.05) is 0 Å². The first kappa shape index (κ1) is 16.3. The van der Waals surface area contributed by atoms with E-state index in [-0.39, 0.29) is 0 Å². The van der Waals surface area contributed by atoms with Crippen molar-refractivity contribution in [1.82, 2.24) is 9.80 Å². The number of rotatable bonds is 7. The van der Waals surface area contributed by atoms with Gasteiger partial charge in [0.15, 0.2) is 0 Å². The molecule has 0 spiro atoms. The van der Waals surface area contributed by atoms with Gasteiger partial charge in [0.1, 0.15) is 7.74 Å². The summed E-state index contributed by atoms with van der Waals surface area (Å²) in [6.07, 6.45) is 0. The summed E-state index contributed by atoms with van der Waals surface area (Å²) in [7, 11) is 0.517. The van der Waals surface area contributed by atoms with E-state index in [9.17, 15) is 0 Å². The average Bonchev–Trinajstić information content (AvgIpc) is 2.19. The third-order valence-electron chi connectivity index (χ3n) is 2.53. The second-order valence-corrected chi connectivity index (χ2v) is 14.6. The Labute approximate surface area is 105 Å². The largest absolute Gasteiger partial charge is 0.263 e. The van der Waals surface area contributed by atoms with E-state index >= 15 is 0 Å². The standard InChI is InChI=1S/C12H29N2PSi/c1-8-13(9-2)12(14(10-3)11-4)15-16(5,6)7/h8-11H2,1-7H3. The molecule has 0 heterocycles. The third-order valence-corrected chi connectivity index (χ3v) is 6.58. The topological polar surface area (TPSA) is 6.48 Å². The minimum absolute atomic E-state index is 1.06. The average molecular weight is 260 g/mol. The Hall–Kier alpha value is 0.307. The molecule has 0 amide bonds. The van der Waals surface area contributed by atoms with Gasteiger partial charge in [-0.2, -0.15) is 0 Å². The number of hydrogen-bond acceptors (Lipinski definition) is 0. The molecule has 0 saturated heterocycles. The summed E-state index contributed by atoms with van der Waals surface area (Å²) in [5.74, 6) is 0. The lowest BCUT2D eigenvalue weighted by Gasteiger charge is -2.32. The van der Waals surface area contributed by atoms with Crippen molar-refractivity contribution in [3.8, 4) is 0 Å². The van der Waals surface area contributed by atoms with Crippen LogP contribution in [0.15, 0.2) is 0 Å². The van der Waals surface area contributed by atoms with Crippen molar-refractivity contribution < 1.29 is 0 Å². The molecule has 0 aliphatic heterocycles. The molecule has 0 fully saturated rings. The van der Waals surface area contributed by atoms with E-state index in [0.717, 1.165) is 26.2 Å². The van der Waals surface area contributed by atoms with Crippen LogP contribution in [0, 0.1) is 0 Å². The van der Waals surface area contributed by atoms with Gasteiger partial charge in [-0.1, -0.05) is 55.1 Å². The molecule has 0 aromatic carbocycles. The fourth-order valence-corrected chi connectivity index (χ4v) is 5.75. The first-order valence-corrected chi connectivity index (χ1v) is 11.7. The number of hydrogen-bond donors (Lipinski definition) is 0. The number of nitrogens with zero attached hydrogens (tertiary/aromatic N) is 2. The second kappa shape index (κ2) is 7.60. The van der Waals surface area contributed by atoms with Gasteiger partial charge in [0.25, 0.3) is 0 Å². The van der Waals surface area contributed by atoms with Crippen LogP contribution in [0.1, 0.15) is 27.7 Å². The van der Waals surface area contributed by atoms with Crippen LogP contribution in [0.2, 0.25) is 19.6 Å². The molecule has 0 rings (SSSR count). The monoisotopic (exact) mass is 260 g/mol. The SMILES string of the molecule is CCN(CC)C(=P[Si](C)(C)C)N(CC)CC. The van der Waals surface area contributed by atoms with Gasteiger partial charge < -0.3 is 0 Å². The van der Waals surface area contributed by atoms with Crippen molar-refractivity contribution >= 4 is 21.0 Å². The molecule has 0 unspecified atom stereocenters. The van der Waals surface area contributed by atoms with Crippen LogP contribution in [0.4, 0.5) is 0 Å². The lowest BCUT2D eigenvalue weighted by atomic mass is 10.5. The maximum atomic E-state index is 2.52. The van der Waals surface area contributed by atoms with E-state index < -0.39 is 7.74 Å². The van der Waals surface area contributed by atoms with Gasteiger partial charge in [0, 0.05) is 26.2 Å². The molecule has 0 aromatic rings. The van der Waals surface area contributed by atoms with Gasteiger partial charge in [-0.05, 0) is 0 Å². The zero-order valence-corrected chi connectivity index (χ0v) is 14.1. The molecule has 0 aliphatic carbocycles. The van der Waals surface area contributed by atoms with Gasteiger partial charge in [0.05, 0.1) is 5.54 Å². The van der Waals surface area contributed by atoms with E-state index in [0.29, 0.717) is 0 Å². The Kier molecular flexibility index (Phi) is 7.74. The molecule has 96 valence electrons. The Morgan fingerprint density at radius 3 is 1.31 bits per heavy atom. The highest BCUT2D eigenvalue weighted by molar-refractivity contribution is 7.81. The molecule has 0 atom stereocenters. The van der Waals surface area contributed by atoms with Crippen molar-refractivity contribution in [3.05, 3.63) is 0 Å². The molecular formula is C12H29N2PSi. The minimum atomic E-state index is -1.06.